The van der Waals surface area contributed by atoms with Crippen LogP contribution in [0.5, 0.6) is 0 Å². The topological polar surface area (TPSA) is 102 Å². The summed E-state index contributed by atoms with van der Waals surface area (Å²) in [6.45, 7) is 5.26. The average Bonchev–Trinajstić information content (AvgIpc) is 2.56. The summed E-state index contributed by atoms with van der Waals surface area (Å²) in [5.41, 5.74) is 4.81. The molecule has 0 bridgehead atoms. The lowest BCUT2D eigenvalue weighted by molar-refractivity contribution is -0.149. The first-order chi connectivity index (χ1) is 8.60. The van der Waals surface area contributed by atoms with E-state index in [0.717, 1.165) is 5.06 Å². The number of amides is 1. The number of nitrogens with zero attached hydrogens (tertiary/aromatic N) is 1. The Morgan fingerprint density at radius 1 is 1.58 bits per heavy atom. The van der Waals surface area contributed by atoms with Crippen LogP contribution < -0.4 is 5.73 Å². The molecule has 2 unspecified atom stereocenters. The third kappa shape index (κ3) is 4.96. The third-order valence-corrected chi connectivity index (χ3v) is 3.13. The van der Waals surface area contributed by atoms with E-state index in [0.29, 0.717) is 6.42 Å². The number of rotatable bonds is 3. The summed E-state index contributed by atoms with van der Waals surface area (Å²) in [5, 5.41) is 9.81. The van der Waals surface area contributed by atoms with Crippen LogP contribution in [-0.4, -0.2) is 44.9 Å². The van der Waals surface area contributed by atoms with Crippen molar-refractivity contribution in [1.82, 2.24) is 5.06 Å². The minimum absolute atomic E-state index is 0.136. The van der Waals surface area contributed by atoms with Gasteiger partial charge >= 0.3 is 12.1 Å². The number of carboxylic acid groups (broad SMARTS) is 1. The largest absolute Gasteiger partial charge is 0.480 e. The molecule has 1 heterocycles. The van der Waals surface area contributed by atoms with Crippen molar-refractivity contribution in [3.8, 4) is 0 Å². The minimum Gasteiger partial charge on any atom is -0.480 e. The van der Waals surface area contributed by atoms with Crippen molar-refractivity contribution < 1.29 is 24.3 Å². The van der Waals surface area contributed by atoms with Gasteiger partial charge in [0.15, 0.2) is 0 Å². The maximum Gasteiger partial charge on any atom is 0.435 e. The molecule has 1 rings (SSSR count). The fourth-order valence-corrected chi connectivity index (χ4v) is 2.25. The molecule has 1 aliphatic rings. The van der Waals surface area contributed by atoms with E-state index in [2.05, 4.69) is 15.9 Å². The molecule has 1 fully saturated rings. The van der Waals surface area contributed by atoms with Crippen molar-refractivity contribution in [2.45, 2.75) is 56.3 Å². The Kier molecular flexibility index (Phi) is 5.17. The number of hydrogen-bond acceptors (Lipinski definition) is 5. The average molecular weight is 339 g/mol. The minimum atomic E-state index is -1.09. The highest BCUT2D eigenvalue weighted by Gasteiger charge is 2.39. The van der Waals surface area contributed by atoms with Gasteiger partial charge in [0, 0.05) is 12.8 Å². The lowest BCUT2D eigenvalue weighted by Crippen LogP contribution is -2.38. The number of carboxylic acids is 1. The molecule has 0 aromatic rings. The first kappa shape index (κ1) is 16.2. The molecule has 8 heteroatoms. The Balaban J connectivity index is 2.55. The summed E-state index contributed by atoms with van der Waals surface area (Å²) in [7, 11) is 0. The fourth-order valence-electron chi connectivity index (χ4n) is 1.57. The second kappa shape index (κ2) is 6.06. The number of nitrogens with two attached hydrogens (primary N) is 1. The van der Waals surface area contributed by atoms with Gasteiger partial charge in [0.05, 0.1) is 6.10 Å². The van der Waals surface area contributed by atoms with Gasteiger partial charge in [0.1, 0.15) is 16.6 Å². The number of alkyl halides is 1. The highest BCUT2D eigenvalue weighted by Crippen LogP contribution is 2.29. The van der Waals surface area contributed by atoms with Crippen LogP contribution in [0.2, 0.25) is 0 Å². The summed E-state index contributed by atoms with van der Waals surface area (Å²) < 4.78 is 5.18. The van der Waals surface area contributed by atoms with Gasteiger partial charge in [-0.05, 0) is 20.8 Å². The Bertz CT molecular complexity index is 357. The van der Waals surface area contributed by atoms with Crippen LogP contribution in [0.4, 0.5) is 4.79 Å². The number of ether oxygens (including phenoxy) is 1. The number of carbonyl (C=O) groups is 2. The van der Waals surface area contributed by atoms with Crippen molar-refractivity contribution >= 4 is 28.0 Å². The van der Waals surface area contributed by atoms with E-state index >= 15 is 0 Å². The highest BCUT2D eigenvalue weighted by molar-refractivity contribution is 9.09. The van der Waals surface area contributed by atoms with Crippen LogP contribution in [0.1, 0.15) is 33.6 Å². The molecule has 0 aromatic carbocycles. The number of aliphatic carboxylic acids is 1. The van der Waals surface area contributed by atoms with Crippen molar-refractivity contribution in [1.29, 1.82) is 0 Å². The zero-order valence-corrected chi connectivity index (χ0v) is 12.7. The summed E-state index contributed by atoms with van der Waals surface area (Å²) in [6.07, 6.45) is -0.444. The van der Waals surface area contributed by atoms with Gasteiger partial charge in [-0.1, -0.05) is 15.9 Å². The quantitative estimate of drug-likeness (QED) is 0.596. The van der Waals surface area contributed by atoms with Crippen LogP contribution in [0.3, 0.4) is 0 Å². The zero-order valence-electron chi connectivity index (χ0n) is 11.1. The van der Waals surface area contributed by atoms with Crippen LogP contribution >= 0.6 is 15.9 Å². The van der Waals surface area contributed by atoms with Gasteiger partial charge in [0.2, 0.25) is 0 Å². The SMILES string of the molecule is CC(C)(C)OC(=O)N1OC(C[C@H](N)C(=O)O)CC1Br. The van der Waals surface area contributed by atoms with Gasteiger partial charge in [-0.15, -0.1) is 0 Å². The molecular formula is C11H19BrN2O5. The first-order valence-electron chi connectivity index (χ1n) is 5.91. The second-order valence-electron chi connectivity index (χ2n) is 5.38. The number of hydrogen-bond donors (Lipinski definition) is 2. The molecule has 1 amide bonds. The lowest BCUT2D eigenvalue weighted by atomic mass is 10.1. The van der Waals surface area contributed by atoms with Crippen LogP contribution in [0.15, 0.2) is 0 Å². The molecule has 1 aliphatic heterocycles. The van der Waals surface area contributed by atoms with Gasteiger partial charge in [-0.3, -0.25) is 9.63 Å². The van der Waals surface area contributed by atoms with Crippen LogP contribution in [0, 0.1) is 0 Å². The fraction of sp³-hybridized carbons (Fsp3) is 0.818. The predicted octanol–water partition coefficient (Wildman–Crippen LogP) is 1.45. The zero-order chi connectivity index (χ0) is 14.8. The van der Waals surface area contributed by atoms with E-state index in [4.69, 9.17) is 20.4 Å². The number of carbonyl (C=O) groups excluding carboxylic acids is 1. The van der Waals surface area contributed by atoms with Gasteiger partial charge in [0.25, 0.3) is 0 Å². The molecule has 0 saturated carbocycles. The molecule has 0 spiro atoms. The van der Waals surface area contributed by atoms with Gasteiger partial charge in [-0.25, -0.2) is 4.79 Å². The molecule has 0 aliphatic carbocycles. The van der Waals surface area contributed by atoms with E-state index in [1.807, 2.05) is 0 Å². The monoisotopic (exact) mass is 338 g/mol. The Morgan fingerprint density at radius 3 is 2.63 bits per heavy atom. The molecule has 1 saturated heterocycles. The first-order valence-corrected chi connectivity index (χ1v) is 6.83. The lowest BCUT2D eigenvalue weighted by Gasteiger charge is -2.25. The van der Waals surface area contributed by atoms with Crippen molar-refractivity contribution in [2.24, 2.45) is 5.73 Å². The molecule has 110 valence electrons. The maximum absolute atomic E-state index is 11.8. The van der Waals surface area contributed by atoms with Crippen molar-refractivity contribution in [3.63, 3.8) is 0 Å². The van der Waals surface area contributed by atoms with E-state index in [-0.39, 0.29) is 11.4 Å². The Labute approximate surface area is 120 Å². The standard InChI is InChI=1S/C11H19BrN2O5/c1-11(2,3)18-10(17)14-8(12)5-6(19-14)4-7(13)9(15)16/h6-8H,4-5,13H2,1-3H3,(H,15,16)/t6?,7-,8?/m0/s1. The molecule has 0 radical (unpaired) electrons. The third-order valence-electron chi connectivity index (χ3n) is 2.38. The van der Waals surface area contributed by atoms with Gasteiger partial charge < -0.3 is 15.6 Å². The summed E-state index contributed by atoms with van der Waals surface area (Å²) >= 11 is 3.29. The van der Waals surface area contributed by atoms with Crippen LogP contribution in [-0.2, 0) is 14.4 Å². The van der Waals surface area contributed by atoms with Crippen molar-refractivity contribution in [2.75, 3.05) is 0 Å². The summed E-state index contributed by atoms with van der Waals surface area (Å²) in [4.78, 5) is 27.5. The molecule has 19 heavy (non-hydrogen) atoms. The number of halogens is 1. The smallest absolute Gasteiger partial charge is 0.435 e. The molecule has 3 atom stereocenters. The molecule has 3 N–H and O–H groups in total. The predicted molar refractivity (Wildman–Crippen MR) is 70.5 cm³/mol. The molecular weight excluding hydrogens is 320 g/mol. The maximum atomic E-state index is 11.8. The Hall–Kier alpha value is -0.860. The van der Waals surface area contributed by atoms with E-state index in [1.165, 1.54) is 0 Å². The summed E-state index contributed by atoms with van der Waals surface area (Å²) in [6, 6.07) is -1.01. The summed E-state index contributed by atoms with van der Waals surface area (Å²) in [5.74, 6) is -1.09. The van der Waals surface area contributed by atoms with Crippen LogP contribution in [0.25, 0.3) is 0 Å². The molecule has 7 nitrogen and oxygen atoms in total. The molecule has 0 aromatic heterocycles. The Morgan fingerprint density at radius 2 is 2.16 bits per heavy atom. The second-order valence-corrected chi connectivity index (χ2v) is 6.44. The normalized spacial score (nSPS) is 25.2. The van der Waals surface area contributed by atoms with E-state index in [9.17, 15) is 9.59 Å². The highest BCUT2D eigenvalue weighted by atomic mass is 79.9. The van der Waals surface area contributed by atoms with E-state index in [1.54, 1.807) is 20.8 Å². The number of hydroxylamine groups is 2. The van der Waals surface area contributed by atoms with Crippen molar-refractivity contribution in [3.05, 3.63) is 0 Å². The van der Waals surface area contributed by atoms with Gasteiger partial charge in [-0.2, -0.15) is 5.06 Å². The van der Waals surface area contributed by atoms with E-state index < -0.39 is 29.8 Å².